The van der Waals surface area contributed by atoms with Crippen LogP contribution >= 0.6 is 0 Å². The standard InChI is InChI=1S/C58H60BN3/c1-53(2,3)36-24-25-47-42(30-36)56(8)29-26-35-18-11-13-21-41(35)58(56,10)61(47)38-33-48-50-49(34-38)62-52-43(55(7)27-15-16-28-57(55,62)9)31-37(54(4,5)6)32-45(52)59(50)44-22-17-20-40-39-19-12-14-23-46(39)60(48)51(40)44/h11-14,17-25,30-34H,15-16,26-29H2,1-10H3. The van der Waals surface area contributed by atoms with Crippen molar-refractivity contribution >= 4 is 67.7 Å². The second-order valence-corrected chi connectivity index (χ2v) is 23.2. The summed E-state index contributed by atoms with van der Waals surface area (Å²) in [5.41, 5.74) is 22.6. The topological polar surface area (TPSA) is 11.4 Å². The highest BCUT2D eigenvalue weighted by molar-refractivity contribution is 7.00. The molecule has 4 heteroatoms. The van der Waals surface area contributed by atoms with Crippen LogP contribution in [0.2, 0.25) is 0 Å². The van der Waals surface area contributed by atoms with Crippen LogP contribution in [0.5, 0.6) is 0 Å². The number of fused-ring (bicyclic) bond motifs is 15. The van der Waals surface area contributed by atoms with Crippen LogP contribution in [-0.4, -0.2) is 16.8 Å². The van der Waals surface area contributed by atoms with Crippen molar-refractivity contribution in [3.8, 4) is 5.69 Å². The molecular formula is C58H60BN3. The first kappa shape index (κ1) is 37.3. The van der Waals surface area contributed by atoms with Crippen LogP contribution in [0.4, 0.5) is 22.7 Å². The van der Waals surface area contributed by atoms with Crippen molar-refractivity contribution in [2.24, 2.45) is 0 Å². The van der Waals surface area contributed by atoms with Gasteiger partial charge in [0.05, 0.1) is 16.6 Å². The molecule has 1 saturated carbocycles. The molecule has 0 spiro atoms. The first-order valence-corrected chi connectivity index (χ1v) is 23.7. The van der Waals surface area contributed by atoms with Gasteiger partial charge in [0, 0.05) is 55.6 Å². The molecule has 4 unspecified atom stereocenters. The van der Waals surface area contributed by atoms with Crippen LogP contribution in [0.15, 0.2) is 109 Å². The Bertz CT molecular complexity index is 3160. The number of aryl methyl sites for hydroxylation is 1. The Morgan fingerprint density at radius 3 is 2.06 bits per heavy atom. The summed E-state index contributed by atoms with van der Waals surface area (Å²) in [5.74, 6) is 0. The third kappa shape index (κ3) is 4.18. The van der Waals surface area contributed by atoms with Crippen LogP contribution in [0.1, 0.15) is 135 Å². The summed E-state index contributed by atoms with van der Waals surface area (Å²) in [6.45, 7) is 25.0. The van der Waals surface area contributed by atoms with Gasteiger partial charge in [-0.3, -0.25) is 0 Å². The minimum absolute atomic E-state index is 0.0251. The number of para-hydroxylation sites is 2. The third-order valence-corrected chi connectivity index (χ3v) is 18.2. The van der Waals surface area contributed by atoms with E-state index in [1.165, 1.54) is 120 Å². The lowest BCUT2D eigenvalue weighted by Crippen LogP contribution is -2.64. The maximum Gasteiger partial charge on any atom is 0.252 e. The van der Waals surface area contributed by atoms with E-state index < -0.39 is 0 Å². The van der Waals surface area contributed by atoms with Crippen LogP contribution in [-0.2, 0) is 33.6 Å². The summed E-state index contributed by atoms with van der Waals surface area (Å²) in [7, 11) is 0. The molecule has 5 heterocycles. The van der Waals surface area contributed by atoms with Crippen molar-refractivity contribution in [1.29, 1.82) is 0 Å². The number of hydrogen-bond acceptors (Lipinski definition) is 2. The molecule has 0 bridgehead atoms. The molecule has 2 aliphatic carbocycles. The van der Waals surface area contributed by atoms with Crippen LogP contribution < -0.4 is 26.2 Å². The predicted octanol–water partition coefficient (Wildman–Crippen LogP) is 12.5. The molecule has 0 amide bonds. The number of aromatic nitrogens is 1. The van der Waals surface area contributed by atoms with Gasteiger partial charge in [0.1, 0.15) is 0 Å². The normalized spacial score (nSPS) is 26.3. The van der Waals surface area contributed by atoms with Gasteiger partial charge in [0.25, 0.3) is 6.71 Å². The Hall–Kier alpha value is -5.22. The quantitative estimate of drug-likeness (QED) is 0.153. The van der Waals surface area contributed by atoms with Crippen LogP contribution in [0.3, 0.4) is 0 Å². The van der Waals surface area contributed by atoms with Crippen molar-refractivity contribution in [3.63, 3.8) is 0 Å². The molecule has 13 rings (SSSR count). The zero-order valence-electron chi connectivity index (χ0n) is 38.6. The fourth-order valence-corrected chi connectivity index (χ4v) is 14.5. The van der Waals surface area contributed by atoms with Crippen molar-refractivity contribution in [3.05, 3.63) is 143 Å². The van der Waals surface area contributed by atoms with Crippen molar-refractivity contribution in [2.75, 3.05) is 9.80 Å². The summed E-state index contributed by atoms with van der Waals surface area (Å²) >= 11 is 0. The molecule has 310 valence electrons. The van der Waals surface area contributed by atoms with E-state index in [-0.39, 0.29) is 39.5 Å². The Morgan fingerprint density at radius 2 is 1.26 bits per heavy atom. The van der Waals surface area contributed by atoms with Crippen LogP contribution in [0, 0.1) is 0 Å². The fourth-order valence-electron chi connectivity index (χ4n) is 14.5. The maximum absolute atomic E-state index is 2.94. The smallest absolute Gasteiger partial charge is 0.252 e. The van der Waals surface area contributed by atoms with E-state index in [0.29, 0.717) is 0 Å². The molecule has 1 aromatic heterocycles. The number of nitrogens with zero attached hydrogens (tertiary/aromatic N) is 3. The average Bonchev–Trinajstić information content (AvgIpc) is 3.77. The van der Waals surface area contributed by atoms with Gasteiger partial charge in [0.2, 0.25) is 0 Å². The van der Waals surface area contributed by atoms with Gasteiger partial charge >= 0.3 is 0 Å². The zero-order valence-corrected chi connectivity index (χ0v) is 38.6. The van der Waals surface area contributed by atoms with E-state index in [4.69, 9.17) is 0 Å². The lowest BCUT2D eigenvalue weighted by atomic mass is 9.33. The van der Waals surface area contributed by atoms with Gasteiger partial charge in [-0.1, -0.05) is 153 Å². The second-order valence-electron chi connectivity index (χ2n) is 23.2. The van der Waals surface area contributed by atoms with E-state index in [0.717, 1.165) is 12.8 Å². The van der Waals surface area contributed by atoms with Gasteiger partial charge in [-0.2, -0.15) is 0 Å². The van der Waals surface area contributed by atoms with Crippen molar-refractivity contribution < 1.29 is 0 Å². The Labute approximate surface area is 369 Å². The lowest BCUT2D eigenvalue weighted by Gasteiger charge is -2.53. The molecule has 3 nitrogen and oxygen atoms in total. The monoisotopic (exact) mass is 809 g/mol. The molecule has 62 heavy (non-hydrogen) atoms. The molecule has 6 aliphatic rings. The summed E-state index contributed by atoms with van der Waals surface area (Å²) in [6, 6.07) is 44.0. The van der Waals surface area contributed by atoms with Crippen molar-refractivity contribution in [2.45, 2.75) is 141 Å². The second kappa shape index (κ2) is 11.5. The average molecular weight is 810 g/mol. The van der Waals surface area contributed by atoms with Gasteiger partial charge in [-0.25, -0.2) is 0 Å². The van der Waals surface area contributed by atoms with Gasteiger partial charge < -0.3 is 14.4 Å². The van der Waals surface area contributed by atoms with E-state index in [9.17, 15) is 0 Å². The minimum Gasteiger partial charge on any atom is -0.335 e. The van der Waals surface area contributed by atoms with E-state index in [2.05, 4.69) is 193 Å². The highest BCUT2D eigenvalue weighted by atomic mass is 15.3. The van der Waals surface area contributed by atoms with Crippen LogP contribution in [0.25, 0.3) is 27.5 Å². The molecular weight excluding hydrogens is 749 g/mol. The summed E-state index contributed by atoms with van der Waals surface area (Å²) < 4.78 is 2.69. The largest absolute Gasteiger partial charge is 0.335 e. The Kier molecular flexibility index (Phi) is 6.91. The van der Waals surface area contributed by atoms with Gasteiger partial charge in [-0.15, -0.1) is 0 Å². The minimum atomic E-state index is -0.310. The summed E-state index contributed by atoms with van der Waals surface area (Å²) in [5, 5.41) is 2.69. The number of anilines is 4. The molecule has 1 fully saturated rings. The molecule has 0 saturated heterocycles. The first-order valence-electron chi connectivity index (χ1n) is 23.7. The van der Waals surface area contributed by atoms with E-state index in [1.54, 1.807) is 5.56 Å². The molecule has 7 aromatic rings. The molecule has 6 aromatic carbocycles. The highest BCUT2D eigenvalue weighted by Crippen LogP contribution is 2.66. The SMILES string of the molecule is CC(C)(C)c1cc2c3c(c1)C1(C)CCCCC1(C)N3c1cc(N3c4ccc(C(C)(C)C)cc4C4(C)CCc5ccccc5C34C)cc3c1B2c1cccc2c4ccccc4n-3c12. The first-order chi connectivity index (χ1) is 29.5. The van der Waals surface area contributed by atoms with Gasteiger partial charge in [0.15, 0.2) is 0 Å². The lowest BCUT2D eigenvalue weighted by molar-refractivity contribution is 0.195. The summed E-state index contributed by atoms with van der Waals surface area (Å²) in [6.07, 6.45) is 7.16. The molecule has 0 radical (unpaired) electrons. The predicted molar refractivity (Wildman–Crippen MR) is 264 cm³/mol. The van der Waals surface area contributed by atoms with E-state index >= 15 is 0 Å². The fraction of sp³-hybridized carbons (Fsp3) is 0.379. The molecule has 4 aliphatic heterocycles. The third-order valence-electron chi connectivity index (χ3n) is 18.2. The Balaban J connectivity index is 1.19. The van der Waals surface area contributed by atoms with Gasteiger partial charge in [-0.05, 0) is 124 Å². The van der Waals surface area contributed by atoms with E-state index in [1.807, 2.05) is 0 Å². The van der Waals surface area contributed by atoms with Crippen molar-refractivity contribution in [1.82, 2.24) is 4.57 Å². The molecule has 4 atom stereocenters. The Morgan fingerprint density at radius 1 is 0.548 bits per heavy atom. The zero-order chi connectivity index (χ0) is 42.7. The number of rotatable bonds is 1. The molecule has 0 N–H and O–H groups in total. The maximum atomic E-state index is 2.94. The summed E-state index contributed by atoms with van der Waals surface area (Å²) in [4.78, 5) is 5.77. The number of hydrogen-bond donors (Lipinski definition) is 0. The highest BCUT2D eigenvalue weighted by Gasteiger charge is 2.63. The number of benzene rings is 6.